The predicted molar refractivity (Wildman–Crippen MR) is 68.6 cm³/mol. The van der Waals surface area contributed by atoms with Gasteiger partial charge in [-0.05, 0) is 18.6 Å². The molecule has 0 radical (unpaired) electrons. The first-order valence-corrected chi connectivity index (χ1v) is 4.74. The molecule has 2 heterocycles. The third kappa shape index (κ3) is 3.52. The molecule has 1 N–H and O–H groups in total. The number of hydrogen-bond donors (Lipinski definition) is 1. The van der Waals surface area contributed by atoms with Crippen LogP contribution in [0.25, 0.3) is 0 Å². The molecule has 1 aliphatic rings. The molecule has 0 bridgehead atoms. The fraction of sp³-hybridized carbons (Fsp3) is 0.500. The number of rotatable bonds is 1. The lowest BCUT2D eigenvalue weighted by Gasteiger charge is -2.30. The van der Waals surface area contributed by atoms with Crippen LogP contribution >= 0.6 is 24.8 Å². The molecule has 1 aromatic heterocycles. The summed E-state index contributed by atoms with van der Waals surface area (Å²) in [7, 11) is 0. The average Bonchev–Trinajstić information content (AvgIpc) is 2.20. The summed E-state index contributed by atoms with van der Waals surface area (Å²) in [5.41, 5.74) is 2.60. The SMILES string of the molecule is Cc1cnccc1N1CCNCC1.Cl.Cl. The Hall–Kier alpha value is -0.510. The van der Waals surface area contributed by atoms with E-state index in [4.69, 9.17) is 0 Å². The Labute approximate surface area is 103 Å². The van der Waals surface area contributed by atoms with Crippen molar-refractivity contribution in [2.45, 2.75) is 6.92 Å². The van der Waals surface area contributed by atoms with Crippen molar-refractivity contribution < 1.29 is 0 Å². The van der Waals surface area contributed by atoms with Crippen molar-refractivity contribution >= 4 is 30.5 Å². The molecule has 3 nitrogen and oxygen atoms in total. The standard InChI is InChI=1S/C10H15N3.2ClH/c1-9-8-12-3-2-10(9)13-6-4-11-5-7-13;;/h2-3,8,11H,4-7H2,1H3;2*1H. The molecule has 86 valence electrons. The number of aromatic nitrogens is 1. The van der Waals surface area contributed by atoms with Crippen LogP contribution in [0.1, 0.15) is 5.56 Å². The van der Waals surface area contributed by atoms with Crippen LogP contribution in [0.5, 0.6) is 0 Å². The van der Waals surface area contributed by atoms with Crippen molar-refractivity contribution in [3.05, 3.63) is 24.0 Å². The van der Waals surface area contributed by atoms with E-state index in [2.05, 4.69) is 28.2 Å². The molecule has 0 aromatic carbocycles. The van der Waals surface area contributed by atoms with E-state index in [0.29, 0.717) is 0 Å². The minimum atomic E-state index is 0. The van der Waals surface area contributed by atoms with Gasteiger partial charge in [-0.25, -0.2) is 0 Å². The molecule has 1 aromatic rings. The van der Waals surface area contributed by atoms with Crippen LogP contribution < -0.4 is 10.2 Å². The number of aryl methyl sites for hydroxylation is 1. The molecule has 0 unspecified atom stereocenters. The smallest absolute Gasteiger partial charge is 0.0427 e. The lowest BCUT2D eigenvalue weighted by Crippen LogP contribution is -2.43. The van der Waals surface area contributed by atoms with Crippen LogP contribution in [0.2, 0.25) is 0 Å². The van der Waals surface area contributed by atoms with E-state index < -0.39 is 0 Å². The average molecular weight is 250 g/mol. The van der Waals surface area contributed by atoms with Gasteiger partial charge in [-0.15, -0.1) is 24.8 Å². The Morgan fingerprint density at radius 1 is 1.27 bits per heavy atom. The summed E-state index contributed by atoms with van der Waals surface area (Å²) in [5.74, 6) is 0. The molecule has 0 aliphatic carbocycles. The molecule has 2 rings (SSSR count). The van der Waals surface area contributed by atoms with Crippen LogP contribution in [0.4, 0.5) is 5.69 Å². The molecular formula is C10H17Cl2N3. The topological polar surface area (TPSA) is 28.2 Å². The Morgan fingerprint density at radius 2 is 1.93 bits per heavy atom. The minimum absolute atomic E-state index is 0. The van der Waals surface area contributed by atoms with Crippen molar-refractivity contribution in [3.8, 4) is 0 Å². The van der Waals surface area contributed by atoms with Crippen molar-refractivity contribution in [2.75, 3.05) is 31.1 Å². The first-order valence-electron chi connectivity index (χ1n) is 4.74. The lowest BCUT2D eigenvalue weighted by molar-refractivity contribution is 0.588. The van der Waals surface area contributed by atoms with Gasteiger partial charge in [-0.1, -0.05) is 0 Å². The molecule has 0 spiro atoms. The van der Waals surface area contributed by atoms with Gasteiger partial charge in [-0.3, -0.25) is 4.98 Å². The van der Waals surface area contributed by atoms with Gasteiger partial charge in [0.1, 0.15) is 0 Å². The molecular weight excluding hydrogens is 233 g/mol. The van der Waals surface area contributed by atoms with Crippen LogP contribution in [-0.4, -0.2) is 31.2 Å². The summed E-state index contributed by atoms with van der Waals surface area (Å²) in [6, 6.07) is 2.10. The van der Waals surface area contributed by atoms with Crippen molar-refractivity contribution in [2.24, 2.45) is 0 Å². The number of piperazine rings is 1. The molecule has 1 aliphatic heterocycles. The second-order valence-corrected chi connectivity index (χ2v) is 3.40. The second kappa shape index (κ2) is 6.88. The number of pyridine rings is 1. The monoisotopic (exact) mass is 249 g/mol. The zero-order valence-corrected chi connectivity index (χ0v) is 10.4. The number of nitrogens with zero attached hydrogens (tertiary/aromatic N) is 2. The van der Waals surface area contributed by atoms with Gasteiger partial charge in [-0.2, -0.15) is 0 Å². The first-order chi connectivity index (χ1) is 6.38. The quantitative estimate of drug-likeness (QED) is 0.821. The Kier molecular flexibility index (Phi) is 6.65. The lowest BCUT2D eigenvalue weighted by atomic mass is 10.2. The van der Waals surface area contributed by atoms with Crippen molar-refractivity contribution in [1.82, 2.24) is 10.3 Å². The second-order valence-electron chi connectivity index (χ2n) is 3.40. The summed E-state index contributed by atoms with van der Waals surface area (Å²) < 4.78 is 0. The van der Waals surface area contributed by atoms with E-state index in [1.807, 2.05) is 12.4 Å². The van der Waals surface area contributed by atoms with E-state index in [0.717, 1.165) is 26.2 Å². The van der Waals surface area contributed by atoms with Crippen molar-refractivity contribution in [3.63, 3.8) is 0 Å². The minimum Gasteiger partial charge on any atom is -0.369 e. The fourth-order valence-electron chi connectivity index (χ4n) is 1.73. The van der Waals surface area contributed by atoms with Crippen molar-refractivity contribution in [1.29, 1.82) is 0 Å². The highest BCUT2D eigenvalue weighted by atomic mass is 35.5. The molecule has 15 heavy (non-hydrogen) atoms. The van der Waals surface area contributed by atoms with Gasteiger partial charge in [0, 0.05) is 44.3 Å². The van der Waals surface area contributed by atoms with Gasteiger partial charge in [0.2, 0.25) is 0 Å². The largest absolute Gasteiger partial charge is 0.369 e. The molecule has 0 saturated carbocycles. The molecule has 1 saturated heterocycles. The van der Waals surface area contributed by atoms with Gasteiger partial charge in [0.15, 0.2) is 0 Å². The molecule has 1 fully saturated rings. The van der Waals surface area contributed by atoms with E-state index in [1.54, 1.807) is 0 Å². The van der Waals surface area contributed by atoms with E-state index in [9.17, 15) is 0 Å². The fourth-order valence-corrected chi connectivity index (χ4v) is 1.73. The normalized spacial score (nSPS) is 15.1. The van der Waals surface area contributed by atoms with Gasteiger partial charge in [0.25, 0.3) is 0 Å². The van der Waals surface area contributed by atoms with Crippen LogP contribution in [0, 0.1) is 6.92 Å². The maximum atomic E-state index is 4.10. The van der Waals surface area contributed by atoms with Gasteiger partial charge in [0.05, 0.1) is 0 Å². The number of nitrogens with one attached hydrogen (secondary N) is 1. The van der Waals surface area contributed by atoms with E-state index >= 15 is 0 Å². The Balaban J connectivity index is 0.000000980. The highest BCUT2D eigenvalue weighted by Gasteiger charge is 2.11. The molecule has 0 amide bonds. The molecule has 0 atom stereocenters. The first kappa shape index (κ1) is 14.5. The summed E-state index contributed by atoms with van der Waals surface area (Å²) in [6.45, 7) is 6.49. The van der Waals surface area contributed by atoms with E-state index in [1.165, 1.54) is 11.3 Å². The summed E-state index contributed by atoms with van der Waals surface area (Å²) >= 11 is 0. The Morgan fingerprint density at radius 3 is 2.53 bits per heavy atom. The van der Waals surface area contributed by atoms with Crippen LogP contribution in [0.3, 0.4) is 0 Å². The zero-order chi connectivity index (χ0) is 9.10. The van der Waals surface area contributed by atoms with E-state index in [-0.39, 0.29) is 24.8 Å². The number of anilines is 1. The summed E-state index contributed by atoms with van der Waals surface area (Å²) in [5, 5.41) is 3.35. The predicted octanol–water partition coefficient (Wildman–Crippen LogP) is 1.64. The summed E-state index contributed by atoms with van der Waals surface area (Å²) in [6.07, 6.45) is 3.79. The Bertz CT molecular complexity index is 288. The number of hydrogen-bond acceptors (Lipinski definition) is 3. The highest BCUT2D eigenvalue weighted by molar-refractivity contribution is 5.85. The highest BCUT2D eigenvalue weighted by Crippen LogP contribution is 2.17. The number of halogens is 2. The zero-order valence-electron chi connectivity index (χ0n) is 8.77. The van der Waals surface area contributed by atoms with Crippen LogP contribution in [0.15, 0.2) is 18.5 Å². The maximum absolute atomic E-state index is 4.10. The van der Waals surface area contributed by atoms with Gasteiger partial charge < -0.3 is 10.2 Å². The van der Waals surface area contributed by atoms with Crippen LogP contribution in [-0.2, 0) is 0 Å². The third-order valence-corrected chi connectivity index (χ3v) is 2.45. The summed E-state index contributed by atoms with van der Waals surface area (Å²) in [4.78, 5) is 6.51. The van der Waals surface area contributed by atoms with Gasteiger partial charge >= 0.3 is 0 Å². The third-order valence-electron chi connectivity index (χ3n) is 2.45. The maximum Gasteiger partial charge on any atom is 0.0427 e. The molecule has 5 heteroatoms.